The van der Waals surface area contributed by atoms with Gasteiger partial charge in [0, 0.05) is 18.7 Å². The molecule has 0 aliphatic rings. The van der Waals surface area contributed by atoms with Crippen molar-refractivity contribution in [2.24, 2.45) is 0 Å². The normalized spacial score (nSPS) is 12.6. The van der Waals surface area contributed by atoms with E-state index in [1.807, 2.05) is 0 Å². The molecule has 0 saturated heterocycles. The zero-order valence-corrected chi connectivity index (χ0v) is 11.6. The number of furan rings is 1. The number of rotatable bonds is 7. The first-order valence-electron chi connectivity index (χ1n) is 6.53. The summed E-state index contributed by atoms with van der Waals surface area (Å²) >= 11 is 0. The monoisotopic (exact) mass is 297 g/mol. The second kappa shape index (κ2) is 7.19. The number of aliphatic hydroxyl groups is 1. The molecule has 0 bridgehead atoms. The van der Waals surface area contributed by atoms with Crippen molar-refractivity contribution in [1.82, 2.24) is 5.32 Å². The molecule has 0 aliphatic heterocycles. The summed E-state index contributed by atoms with van der Waals surface area (Å²) in [4.78, 5) is 0. The maximum atomic E-state index is 12.4. The van der Waals surface area contributed by atoms with Gasteiger partial charge in [-0.2, -0.15) is 8.78 Å². The first-order chi connectivity index (χ1) is 10.1. The molecule has 1 aromatic heterocycles. The lowest BCUT2D eigenvalue weighted by molar-refractivity contribution is -0.0509. The summed E-state index contributed by atoms with van der Waals surface area (Å²) in [6.07, 6.45) is 0.692. The summed E-state index contributed by atoms with van der Waals surface area (Å²) in [5.74, 6) is 0.628. The Morgan fingerprint density at radius 2 is 2.10 bits per heavy atom. The third-order valence-electron chi connectivity index (χ3n) is 3.03. The van der Waals surface area contributed by atoms with Crippen LogP contribution in [-0.4, -0.2) is 18.3 Å². The number of benzene rings is 1. The maximum Gasteiger partial charge on any atom is 0.387 e. The number of alkyl halides is 2. The zero-order valence-electron chi connectivity index (χ0n) is 11.6. The van der Waals surface area contributed by atoms with Gasteiger partial charge in [-0.05, 0) is 24.6 Å². The number of hydrogen-bond donors (Lipinski definition) is 2. The molecule has 1 atom stereocenters. The molecule has 0 saturated carbocycles. The third-order valence-corrected chi connectivity index (χ3v) is 3.03. The molecule has 2 rings (SSSR count). The Morgan fingerprint density at radius 3 is 2.76 bits per heavy atom. The fraction of sp³-hybridized carbons (Fsp3) is 0.333. The number of nitrogens with one attached hydrogen (secondary N) is 1. The van der Waals surface area contributed by atoms with Crippen LogP contribution in [0.1, 0.15) is 23.0 Å². The molecule has 114 valence electrons. The molecular weight excluding hydrogens is 280 g/mol. The summed E-state index contributed by atoms with van der Waals surface area (Å²) in [5, 5.41) is 12.8. The summed E-state index contributed by atoms with van der Waals surface area (Å²) < 4.78 is 34.5. The molecule has 6 heteroatoms. The Balaban J connectivity index is 1.95. The largest absolute Gasteiger partial charge is 0.467 e. The van der Waals surface area contributed by atoms with Crippen molar-refractivity contribution < 1.29 is 23.0 Å². The minimum atomic E-state index is -2.86. The van der Waals surface area contributed by atoms with Crippen LogP contribution in [-0.2, 0) is 6.54 Å². The van der Waals surface area contributed by atoms with E-state index >= 15 is 0 Å². The van der Waals surface area contributed by atoms with Crippen LogP contribution in [0.25, 0.3) is 0 Å². The van der Waals surface area contributed by atoms with Crippen LogP contribution in [0.2, 0.25) is 0 Å². The first-order valence-corrected chi connectivity index (χ1v) is 6.53. The quantitative estimate of drug-likeness (QED) is 0.825. The highest BCUT2D eigenvalue weighted by Crippen LogP contribution is 2.25. The first kappa shape index (κ1) is 15.5. The number of ether oxygens (including phenoxy) is 1. The number of halogens is 2. The van der Waals surface area contributed by atoms with Gasteiger partial charge in [0.15, 0.2) is 0 Å². The smallest absolute Gasteiger partial charge is 0.387 e. The van der Waals surface area contributed by atoms with Gasteiger partial charge < -0.3 is 19.6 Å². The molecule has 21 heavy (non-hydrogen) atoms. The molecule has 4 nitrogen and oxygen atoms in total. The predicted molar refractivity (Wildman–Crippen MR) is 73.2 cm³/mol. The summed E-state index contributed by atoms with van der Waals surface area (Å²) in [5.41, 5.74) is 1.25. The molecule has 1 aromatic carbocycles. The maximum absolute atomic E-state index is 12.4. The lowest BCUT2D eigenvalue weighted by atomic mass is 10.1. The van der Waals surface area contributed by atoms with E-state index in [4.69, 9.17) is 4.42 Å². The Labute approximate surface area is 121 Å². The van der Waals surface area contributed by atoms with Gasteiger partial charge in [-0.1, -0.05) is 18.2 Å². The number of hydrogen-bond acceptors (Lipinski definition) is 4. The zero-order chi connectivity index (χ0) is 15.2. The highest BCUT2D eigenvalue weighted by Gasteiger charge is 2.13. The molecular formula is C15H17F2NO3. The molecule has 0 radical (unpaired) electrons. The Bertz CT molecular complexity index is 558. The molecule has 0 amide bonds. The van der Waals surface area contributed by atoms with E-state index in [-0.39, 0.29) is 12.3 Å². The summed E-state index contributed by atoms with van der Waals surface area (Å²) in [6.45, 7) is -0.603. The van der Waals surface area contributed by atoms with Crippen LogP contribution < -0.4 is 10.1 Å². The SMILES string of the molecule is Cc1cccc(CNCC(O)c2ccco2)c1OC(F)F. The topological polar surface area (TPSA) is 54.6 Å². The van der Waals surface area contributed by atoms with Crippen molar-refractivity contribution in [2.45, 2.75) is 26.2 Å². The van der Waals surface area contributed by atoms with Crippen LogP contribution in [0.15, 0.2) is 41.0 Å². The van der Waals surface area contributed by atoms with Crippen LogP contribution in [0.4, 0.5) is 8.78 Å². The van der Waals surface area contributed by atoms with Gasteiger partial charge in [-0.3, -0.25) is 0 Å². The van der Waals surface area contributed by atoms with Crippen molar-refractivity contribution >= 4 is 0 Å². The Morgan fingerprint density at radius 1 is 1.29 bits per heavy atom. The number of para-hydroxylation sites is 1. The number of aryl methyl sites for hydroxylation is 1. The van der Waals surface area contributed by atoms with Crippen LogP contribution in [0, 0.1) is 6.92 Å². The standard InChI is InChI=1S/C15H17F2NO3/c1-10-4-2-5-11(14(10)21-15(16)17)8-18-9-12(19)13-6-3-7-20-13/h2-7,12,15,18-19H,8-9H2,1H3. The van der Waals surface area contributed by atoms with E-state index in [1.54, 1.807) is 37.3 Å². The predicted octanol–water partition coefficient (Wildman–Crippen LogP) is 3.01. The number of aliphatic hydroxyl groups excluding tert-OH is 1. The van der Waals surface area contributed by atoms with Crippen molar-refractivity contribution in [3.63, 3.8) is 0 Å². The van der Waals surface area contributed by atoms with Crippen LogP contribution in [0.3, 0.4) is 0 Å². The molecule has 1 unspecified atom stereocenters. The minimum Gasteiger partial charge on any atom is -0.467 e. The average Bonchev–Trinajstić information content (AvgIpc) is 2.96. The van der Waals surface area contributed by atoms with Crippen molar-refractivity contribution in [1.29, 1.82) is 0 Å². The lowest BCUT2D eigenvalue weighted by Crippen LogP contribution is -2.21. The molecule has 0 aliphatic carbocycles. The minimum absolute atomic E-state index is 0.174. The summed E-state index contributed by atoms with van der Waals surface area (Å²) in [7, 11) is 0. The van der Waals surface area contributed by atoms with Gasteiger partial charge in [0.05, 0.1) is 6.26 Å². The second-order valence-corrected chi connectivity index (χ2v) is 4.60. The molecule has 0 fully saturated rings. The van der Waals surface area contributed by atoms with E-state index in [9.17, 15) is 13.9 Å². The van der Waals surface area contributed by atoms with Gasteiger partial charge in [0.25, 0.3) is 0 Å². The molecule has 0 spiro atoms. The van der Waals surface area contributed by atoms with Crippen molar-refractivity contribution in [3.05, 3.63) is 53.5 Å². The molecule has 2 N–H and O–H groups in total. The van der Waals surface area contributed by atoms with E-state index in [2.05, 4.69) is 10.1 Å². The third kappa shape index (κ3) is 4.27. The van der Waals surface area contributed by atoms with E-state index in [0.29, 0.717) is 23.4 Å². The Hall–Kier alpha value is -1.92. The second-order valence-electron chi connectivity index (χ2n) is 4.60. The van der Waals surface area contributed by atoms with Gasteiger partial charge in [-0.25, -0.2) is 0 Å². The Kier molecular flexibility index (Phi) is 5.30. The van der Waals surface area contributed by atoms with Crippen molar-refractivity contribution in [3.8, 4) is 5.75 Å². The highest BCUT2D eigenvalue weighted by atomic mass is 19.3. The van der Waals surface area contributed by atoms with Gasteiger partial charge in [0.1, 0.15) is 17.6 Å². The van der Waals surface area contributed by atoms with Gasteiger partial charge >= 0.3 is 6.61 Å². The average molecular weight is 297 g/mol. The van der Waals surface area contributed by atoms with E-state index in [1.165, 1.54) is 6.26 Å². The molecule has 2 aromatic rings. The van der Waals surface area contributed by atoms with Gasteiger partial charge in [-0.15, -0.1) is 0 Å². The fourth-order valence-corrected chi connectivity index (χ4v) is 2.04. The highest BCUT2D eigenvalue weighted by molar-refractivity contribution is 5.40. The van der Waals surface area contributed by atoms with Crippen LogP contribution >= 0.6 is 0 Å². The fourth-order valence-electron chi connectivity index (χ4n) is 2.04. The lowest BCUT2D eigenvalue weighted by Gasteiger charge is -2.15. The summed E-state index contributed by atoms with van der Waals surface area (Å²) in [6, 6.07) is 8.54. The van der Waals surface area contributed by atoms with Crippen LogP contribution in [0.5, 0.6) is 5.75 Å². The van der Waals surface area contributed by atoms with E-state index < -0.39 is 12.7 Å². The van der Waals surface area contributed by atoms with E-state index in [0.717, 1.165) is 0 Å². The molecule has 1 heterocycles. The van der Waals surface area contributed by atoms with Crippen molar-refractivity contribution in [2.75, 3.05) is 6.54 Å². The van der Waals surface area contributed by atoms with Gasteiger partial charge in [0.2, 0.25) is 0 Å².